The molecule has 1 N–H and O–H groups in total. The van der Waals surface area contributed by atoms with Crippen LogP contribution in [0.4, 0.5) is 5.69 Å². The summed E-state index contributed by atoms with van der Waals surface area (Å²) in [6.07, 6.45) is 4.43. The maximum absolute atomic E-state index is 12.3. The van der Waals surface area contributed by atoms with Gasteiger partial charge in [-0.1, -0.05) is 72.4 Å². The van der Waals surface area contributed by atoms with Crippen molar-refractivity contribution in [1.82, 2.24) is 20.2 Å². The van der Waals surface area contributed by atoms with Crippen molar-refractivity contribution in [2.45, 2.75) is 5.16 Å². The quantitative estimate of drug-likeness (QED) is 0.159. The van der Waals surface area contributed by atoms with E-state index in [0.29, 0.717) is 16.5 Å². The lowest BCUT2D eigenvalue weighted by Crippen LogP contribution is -2.19. The van der Waals surface area contributed by atoms with Crippen LogP contribution in [0.2, 0.25) is 0 Å². The SMILES string of the molecule is O=C(CSc1nnc(-c2ccccc2)n1-c1ccccc1)NN=CC=Cc1ccccc1[N+](=O)[O-]. The van der Waals surface area contributed by atoms with Crippen LogP contribution in [0, 0.1) is 10.1 Å². The molecule has 35 heavy (non-hydrogen) atoms. The van der Waals surface area contributed by atoms with Crippen molar-refractivity contribution in [3.8, 4) is 17.1 Å². The number of allylic oxidation sites excluding steroid dienone is 1. The molecule has 0 saturated carbocycles. The normalized spacial score (nSPS) is 11.2. The first-order valence-corrected chi connectivity index (χ1v) is 11.5. The molecule has 3 aromatic carbocycles. The van der Waals surface area contributed by atoms with E-state index >= 15 is 0 Å². The molecular formula is C25H20N6O3S. The summed E-state index contributed by atoms with van der Waals surface area (Å²) in [7, 11) is 0. The predicted octanol–water partition coefficient (Wildman–Crippen LogP) is 4.75. The highest BCUT2D eigenvalue weighted by molar-refractivity contribution is 7.99. The number of hydrazone groups is 1. The van der Waals surface area contributed by atoms with Crippen molar-refractivity contribution >= 4 is 35.6 Å². The van der Waals surface area contributed by atoms with Crippen LogP contribution in [0.15, 0.2) is 101 Å². The summed E-state index contributed by atoms with van der Waals surface area (Å²) in [4.78, 5) is 22.9. The molecule has 0 bridgehead atoms. The molecule has 0 aliphatic carbocycles. The van der Waals surface area contributed by atoms with E-state index in [0.717, 1.165) is 11.3 Å². The molecule has 0 aliphatic heterocycles. The van der Waals surface area contributed by atoms with E-state index in [2.05, 4.69) is 20.7 Å². The Kier molecular flexibility index (Phi) is 7.77. The number of aromatic nitrogens is 3. The van der Waals surface area contributed by atoms with Gasteiger partial charge in [-0.15, -0.1) is 10.2 Å². The van der Waals surface area contributed by atoms with Gasteiger partial charge in [0.25, 0.3) is 11.6 Å². The number of hydrogen-bond donors (Lipinski definition) is 1. The highest BCUT2D eigenvalue weighted by Gasteiger charge is 2.17. The van der Waals surface area contributed by atoms with Gasteiger partial charge in [0.15, 0.2) is 11.0 Å². The fourth-order valence-corrected chi connectivity index (χ4v) is 3.95. The molecule has 0 spiro atoms. The summed E-state index contributed by atoms with van der Waals surface area (Å²) in [5, 5.41) is 24.1. The summed E-state index contributed by atoms with van der Waals surface area (Å²) in [6.45, 7) is 0. The topological polar surface area (TPSA) is 115 Å². The number of carbonyl (C=O) groups excluding carboxylic acids is 1. The number of nitrogens with one attached hydrogen (secondary N) is 1. The first-order valence-electron chi connectivity index (χ1n) is 10.5. The average Bonchev–Trinajstić information content (AvgIpc) is 3.32. The van der Waals surface area contributed by atoms with E-state index in [1.165, 1.54) is 30.1 Å². The lowest BCUT2D eigenvalue weighted by Gasteiger charge is -2.10. The third-order valence-electron chi connectivity index (χ3n) is 4.77. The highest BCUT2D eigenvalue weighted by atomic mass is 32.2. The van der Waals surface area contributed by atoms with Crippen molar-refractivity contribution in [1.29, 1.82) is 0 Å². The van der Waals surface area contributed by atoms with Gasteiger partial charge in [-0.25, -0.2) is 5.43 Å². The molecule has 1 amide bonds. The van der Waals surface area contributed by atoms with Gasteiger partial charge in [-0.3, -0.25) is 19.5 Å². The Balaban J connectivity index is 1.40. The Bertz CT molecular complexity index is 1370. The first kappa shape index (κ1) is 23.6. The van der Waals surface area contributed by atoms with E-state index in [4.69, 9.17) is 0 Å². The Hall–Kier alpha value is -4.57. The minimum atomic E-state index is -0.451. The van der Waals surface area contributed by atoms with Gasteiger partial charge in [0.05, 0.1) is 16.2 Å². The van der Waals surface area contributed by atoms with Crippen LogP contribution in [0.1, 0.15) is 5.56 Å². The lowest BCUT2D eigenvalue weighted by atomic mass is 10.2. The number of hydrogen-bond acceptors (Lipinski definition) is 7. The Morgan fingerprint density at radius 1 is 1.00 bits per heavy atom. The average molecular weight is 485 g/mol. The number of thioether (sulfide) groups is 1. The first-order chi connectivity index (χ1) is 17.1. The summed E-state index contributed by atoms with van der Waals surface area (Å²) in [5.74, 6) is 0.428. The minimum absolute atomic E-state index is 0.00464. The molecule has 0 atom stereocenters. The maximum atomic E-state index is 12.3. The maximum Gasteiger partial charge on any atom is 0.276 e. The van der Waals surface area contributed by atoms with Gasteiger partial charge in [0.1, 0.15) is 0 Å². The number of nitro benzene ring substituents is 1. The number of para-hydroxylation sites is 2. The van der Waals surface area contributed by atoms with Gasteiger partial charge in [-0.05, 0) is 30.4 Å². The van der Waals surface area contributed by atoms with Crippen LogP contribution in [0.3, 0.4) is 0 Å². The minimum Gasteiger partial charge on any atom is -0.272 e. The molecule has 1 heterocycles. The van der Waals surface area contributed by atoms with Crippen LogP contribution in [-0.4, -0.2) is 37.6 Å². The molecule has 174 valence electrons. The van der Waals surface area contributed by atoms with E-state index in [1.54, 1.807) is 24.3 Å². The zero-order valence-corrected chi connectivity index (χ0v) is 19.2. The number of rotatable bonds is 9. The monoisotopic (exact) mass is 484 g/mol. The molecule has 0 aliphatic rings. The van der Waals surface area contributed by atoms with Crippen LogP contribution < -0.4 is 5.43 Å². The van der Waals surface area contributed by atoms with Crippen LogP contribution >= 0.6 is 11.8 Å². The second-order valence-corrected chi connectivity index (χ2v) is 8.06. The summed E-state index contributed by atoms with van der Waals surface area (Å²) in [6, 6.07) is 25.8. The third-order valence-corrected chi connectivity index (χ3v) is 5.70. The van der Waals surface area contributed by atoms with Gasteiger partial charge >= 0.3 is 0 Å². The fraction of sp³-hybridized carbons (Fsp3) is 0.0400. The lowest BCUT2D eigenvalue weighted by molar-refractivity contribution is -0.385. The van der Waals surface area contributed by atoms with E-state index in [-0.39, 0.29) is 17.3 Å². The molecule has 4 aromatic rings. The highest BCUT2D eigenvalue weighted by Crippen LogP contribution is 2.27. The molecule has 1 aromatic heterocycles. The zero-order chi connectivity index (χ0) is 24.5. The number of amides is 1. The largest absolute Gasteiger partial charge is 0.276 e. The molecule has 10 heteroatoms. The van der Waals surface area contributed by atoms with Crippen LogP contribution in [0.25, 0.3) is 23.2 Å². The molecule has 0 unspecified atom stereocenters. The molecule has 4 rings (SSSR count). The van der Waals surface area contributed by atoms with E-state index in [1.807, 2.05) is 65.2 Å². The Morgan fingerprint density at radius 3 is 2.43 bits per heavy atom. The van der Waals surface area contributed by atoms with Gasteiger partial charge in [-0.2, -0.15) is 5.10 Å². The summed E-state index contributed by atoms with van der Waals surface area (Å²) < 4.78 is 1.91. The van der Waals surface area contributed by atoms with Gasteiger partial charge in [0.2, 0.25) is 0 Å². The predicted molar refractivity (Wildman–Crippen MR) is 136 cm³/mol. The summed E-state index contributed by atoms with van der Waals surface area (Å²) in [5.41, 5.74) is 4.68. The number of benzene rings is 3. The van der Waals surface area contributed by atoms with Crippen molar-refractivity contribution in [3.63, 3.8) is 0 Å². The van der Waals surface area contributed by atoms with Crippen molar-refractivity contribution in [3.05, 3.63) is 107 Å². The third kappa shape index (κ3) is 6.06. The molecule has 0 fully saturated rings. The standard InChI is InChI=1S/C25H20N6O3S/c32-23(27-26-17-9-13-19-10-7-8-16-22(19)31(33)34)18-35-25-29-28-24(20-11-3-1-4-12-20)30(25)21-14-5-2-6-15-21/h1-17H,18H2,(H,27,32). The molecule has 0 radical (unpaired) electrons. The smallest absolute Gasteiger partial charge is 0.272 e. The van der Waals surface area contributed by atoms with Gasteiger partial charge < -0.3 is 0 Å². The zero-order valence-electron chi connectivity index (χ0n) is 18.4. The van der Waals surface area contributed by atoms with Crippen molar-refractivity contribution in [2.75, 3.05) is 5.75 Å². The second kappa shape index (κ2) is 11.5. The van der Waals surface area contributed by atoms with Gasteiger partial charge in [0, 0.05) is 23.5 Å². The fourth-order valence-electron chi connectivity index (χ4n) is 3.20. The van der Waals surface area contributed by atoms with Crippen LogP contribution in [0.5, 0.6) is 0 Å². The molecule has 0 saturated heterocycles. The van der Waals surface area contributed by atoms with E-state index in [9.17, 15) is 14.9 Å². The number of carbonyl (C=O) groups is 1. The number of nitrogens with zero attached hydrogens (tertiary/aromatic N) is 5. The molecular weight excluding hydrogens is 464 g/mol. The second-order valence-electron chi connectivity index (χ2n) is 7.12. The van der Waals surface area contributed by atoms with E-state index < -0.39 is 4.92 Å². The van der Waals surface area contributed by atoms with Crippen molar-refractivity contribution in [2.24, 2.45) is 5.10 Å². The van der Waals surface area contributed by atoms with Crippen LogP contribution in [-0.2, 0) is 4.79 Å². The summed E-state index contributed by atoms with van der Waals surface area (Å²) >= 11 is 1.24. The Labute approximate surface area is 205 Å². The van der Waals surface area contributed by atoms with Crippen molar-refractivity contribution < 1.29 is 9.72 Å². The Morgan fingerprint density at radius 2 is 1.69 bits per heavy atom. The molecule has 9 nitrogen and oxygen atoms in total. The number of nitro groups is 1.